The highest BCUT2D eigenvalue weighted by Gasteiger charge is 2.01. The molecule has 1 aromatic carbocycles. The highest BCUT2D eigenvalue weighted by molar-refractivity contribution is 7.99. The van der Waals surface area contributed by atoms with E-state index in [1.165, 1.54) is 5.56 Å². The third kappa shape index (κ3) is 4.01. The van der Waals surface area contributed by atoms with Crippen LogP contribution in [0, 0.1) is 25.2 Å². The van der Waals surface area contributed by atoms with Gasteiger partial charge in [0.2, 0.25) is 0 Å². The van der Waals surface area contributed by atoms with Crippen molar-refractivity contribution in [1.82, 2.24) is 4.98 Å². The van der Waals surface area contributed by atoms with Gasteiger partial charge in [-0.1, -0.05) is 12.1 Å². The van der Waals surface area contributed by atoms with Gasteiger partial charge in [0.05, 0.1) is 23.3 Å². The van der Waals surface area contributed by atoms with Gasteiger partial charge in [-0.2, -0.15) is 5.26 Å². The van der Waals surface area contributed by atoms with Gasteiger partial charge in [0, 0.05) is 11.9 Å². The zero-order chi connectivity index (χ0) is 14.4. The Bertz CT molecular complexity index is 635. The standard InChI is InChI=1S/C16H16N2OS/c1-12-3-4-13(2)15(9-12)19-7-8-20-16-10-14(11-17)5-6-18-16/h3-6,9-10H,7-8H2,1-2H3. The van der Waals surface area contributed by atoms with Crippen LogP contribution < -0.4 is 4.74 Å². The monoisotopic (exact) mass is 284 g/mol. The SMILES string of the molecule is Cc1ccc(C)c(OCCSc2cc(C#N)ccn2)c1. The van der Waals surface area contributed by atoms with Crippen LogP contribution in [0.5, 0.6) is 5.75 Å². The Morgan fingerprint density at radius 2 is 2.10 bits per heavy atom. The van der Waals surface area contributed by atoms with E-state index in [2.05, 4.69) is 36.2 Å². The topological polar surface area (TPSA) is 45.9 Å². The normalized spacial score (nSPS) is 10.1. The summed E-state index contributed by atoms with van der Waals surface area (Å²) in [6, 6.07) is 11.8. The fraction of sp³-hybridized carbons (Fsp3) is 0.250. The van der Waals surface area contributed by atoms with Crippen LogP contribution in [-0.4, -0.2) is 17.3 Å². The van der Waals surface area contributed by atoms with Gasteiger partial charge in [-0.25, -0.2) is 4.98 Å². The van der Waals surface area contributed by atoms with Crippen molar-refractivity contribution in [3.63, 3.8) is 0 Å². The first-order valence-electron chi connectivity index (χ1n) is 6.38. The second-order valence-electron chi connectivity index (χ2n) is 4.46. The van der Waals surface area contributed by atoms with Crippen LogP contribution in [0.15, 0.2) is 41.6 Å². The van der Waals surface area contributed by atoms with E-state index in [1.54, 1.807) is 30.1 Å². The molecule has 0 unspecified atom stereocenters. The van der Waals surface area contributed by atoms with Crippen LogP contribution in [0.2, 0.25) is 0 Å². The van der Waals surface area contributed by atoms with Crippen LogP contribution in [0.3, 0.4) is 0 Å². The lowest BCUT2D eigenvalue weighted by Crippen LogP contribution is -2.02. The van der Waals surface area contributed by atoms with Gasteiger partial charge in [-0.15, -0.1) is 11.8 Å². The molecule has 0 saturated heterocycles. The molecule has 4 heteroatoms. The van der Waals surface area contributed by atoms with Crippen molar-refractivity contribution in [2.75, 3.05) is 12.4 Å². The molecule has 102 valence electrons. The third-order valence-electron chi connectivity index (χ3n) is 2.80. The van der Waals surface area contributed by atoms with E-state index in [-0.39, 0.29) is 0 Å². The number of nitrogens with zero attached hydrogens (tertiary/aromatic N) is 2. The number of ether oxygens (including phenoxy) is 1. The quantitative estimate of drug-likeness (QED) is 0.620. The molecule has 0 saturated carbocycles. The summed E-state index contributed by atoms with van der Waals surface area (Å²) in [5.74, 6) is 1.74. The summed E-state index contributed by atoms with van der Waals surface area (Å²) in [5.41, 5.74) is 2.98. The average molecular weight is 284 g/mol. The highest BCUT2D eigenvalue weighted by atomic mass is 32.2. The van der Waals surface area contributed by atoms with Gasteiger partial charge >= 0.3 is 0 Å². The van der Waals surface area contributed by atoms with E-state index in [0.717, 1.165) is 22.1 Å². The molecule has 0 atom stereocenters. The van der Waals surface area contributed by atoms with E-state index in [0.29, 0.717) is 12.2 Å². The van der Waals surface area contributed by atoms with E-state index in [1.807, 2.05) is 6.92 Å². The fourth-order valence-corrected chi connectivity index (χ4v) is 2.44. The first-order chi connectivity index (χ1) is 9.69. The molecule has 0 N–H and O–H groups in total. The second kappa shape index (κ2) is 6.97. The largest absolute Gasteiger partial charge is 0.492 e. The molecular weight excluding hydrogens is 268 g/mol. The Kier molecular flexibility index (Phi) is 5.03. The Labute approximate surface area is 123 Å². The molecule has 0 radical (unpaired) electrons. The van der Waals surface area contributed by atoms with Gasteiger partial charge in [-0.05, 0) is 43.2 Å². The molecule has 0 bridgehead atoms. The minimum absolute atomic E-state index is 0.618. The Balaban J connectivity index is 1.84. The molecule has 2 aromatic rings. The summed E-state index contributed by atoms with van der Waals surface area (Å²) in [4.78, 5) is 4.22. The summed E-state index contributed by atoms with van der Waals surface area (Å²) < 4.78 is 5.78. The van der Waals surface area contributed by atoms with Crippen molar-refractivity contribution < 1.29 is 4.74 Å². The number of aryl methyl sites for hydroxylation is 2. The first-order valence-corrected chi connectivity index (χ1v) is 7.36. The van der Waals surface area contributed by atoms with Crippen molar-refractivity contribution in [3.05, 3.63) is 53.2 Å². The minimum atomic E-state index is 0.618. The van der Waals surface area contributed by atoms with Crippen molar-refractivity contribution in [2.24, 2.45) is 0 Å². The van der Waals surface area contributed by atoms with Crippen LogP contribution in [-0.2, 0) is 0 Å². The predicted octanol–water partition coefficient (Wildman–Crippen LogP) is 3.74. The van der Waals surface area contributed by atoms with Crippen LogP contribution in [0.1, 0.15) is 16.7 Å². The number of benzene rings is 1. The number of hydrogen-bond acceptors (Lipinski definition) is 4. The number of aromatic nitrogens is 1. The zero-order valence-electron chi connectivity index (χ0n) is 11.6. The van der Waals surface area contributed by atoms with Gasteiger partial charge in [0.15, 0.2) is 0 Å². The molecule has 3 nitrogen and oxygen atoms in total. The molecule has 0 fully saturated rings. The molecule has 2 rings (SSSR count). The number of rotatable bonds is 5. The highest BCUT2D eigenvalue weighted by Crippen LogP contribution is 2.20. The summed E-state index contributed by atoms with van der Waals surface area (Å²) in [6.07, 6.45) is 1.66. The maximum absolute atomic E-state index is 8.83. The smallest absolute Gasteiger partial charge is 0.122 e. The lowest BCUT2D eigenvalue weighted by Gasteiger charge is -2.09. The molecule has 1 aromatic heterocycles. The van der Waals surface area contributed by atoms with Crippen molar-refractivity contribution >= 4 is 11.8 Å². The molecule has 0 aliphatic rings. The molecule has 0 aliphatic heterocycles. The first kappa shape index (κ1) is 14.4. The Morgan fingerprint density at radius 1 is 1.25 bits per heavy atom. The van der Waals surface area contributed by atoms with Gasteiger partial charge in [-0.3, -0.25) is 0 Å². The van der Waals surface area contributed by atoms with Crippen LogP contribution in [0.4, 0.5) is 0 Å². The Morgan fingerprint density at radius 3 is 2.90 bits per heavy atom. The summed E-state index contributed by atoms with van der Waals surface area (Å²) in [6.45, 7) is 4.71. The number of nitriles is 1. The predicted molar refractivity (Wildman–Crippen MR) is 81.1 cm³/mol. The van der Waals surface area contributed by atoms with Crippen LogP contribution >= 0.6 is 11.8 Å². The molecule has 0 spiro atoms. The molecule has 0 aliphatic carbocycles. The van der Waals surface area contributed by atoms with Crippen LogP contribution in [0.25, 0.3) is 0 Å². The number of thioether (sulfide) groups is 1. The fourth-order valence-electron chi connectivity index (χ4n) is 1.72. The summed E-state index contributed by atoms with van der Waals surface area (Å²) in [7, 11) is 0. The van der Waals surface area contributed by atoms with E-state index < -0.39 is 0 Å². The van der Waals surface area contributed by atoms with Gasteiger partial charge in [0.1, 0.15) is 5.75 Å². The van der Waals surface area contributed by atoms with Crippen molar-refractivity contribution in [3.8, 4) is 11.8 Å². The lowest BCUT2D eigenvalue weighted by molar-refractivity contribution is 0.341. The zero-order valence-corrected chi connectivity index (χ0v) is 12.4. The maximum Gasteiger partial charge on any atom is 0.122 e. The maximum atomic E-state index is 8.83. The van der Waals surface area contributed by atoms with Crippen molar-refractivity contribution in [1.29, 1.82) is 5.26 Å². The summed E-state index contributed by atoms with van der Waals surface area (Å²) >= 11 is 1.59. The van der Waals surface area contributed by atoms with E-state index >= 15 is 0 Å². The number of pyridine rings is 1. The third-order valence-corrected chi connectivity index (χ3v) is 3.69. The second-order valence-corrected chi connectivity index (χ2v) is 5.58. The average Bonchev–Trinajstić information content (AvgIpc) is 2.47. The molecule has 20 heavy (non-hydrogen) atoms. The lowest BCUT2D eigenvalue weighted by atomic mass is 10.1. The van der Waals surface area contributed by atoms with Gasteiger partial charge < -0.3 is 4.74 Å². The molecular formula is C16H16N2OS. The Hall–Kier alpha value is -1.99. The van der Waals surface area contributed by atoms with Crippen molar-refractivity contribution in [2.45, 2.75) is 18.9 Å². The van der Waals surface area contributed by atoms with Gasteiger partial charge in [0.25, 0.3) is 0 Å². The number of hydrogen-bond donors (Lipinski definition) is 0. The minimum Gasteiger partial charge on any atom is -0.492 e. The summed E-state index contributed by atoms with van der Waals surface area (Å²) in [5, 5.41) is 9.68. The van der Waals surface area contributed by atoms with E-state index in [4.69, 9.17) is 10.00 Å². The van der Waals surface area contributed by atoms with E-state index in [9.17, 15) is 0 Å². The molecule has 1 heterocycles. The molecule has 0 amide bonds.